The molecule has 5 heteroatoms. The van der Waals surface area contributed by atoms with E-state index in [4.69, 9.17) is 0 Å². The minimum Gasteiger partial charge on any atom is -0.343 e. The fourth-order valence-electron chi connectivity index (χ4n) is 2.81. The standard InChI is InChI=1S/C19H16FN3S/c20-17-8-6-14(7-9-17)15-10-12-23(13-11-15)19-22-21-18(24-19)16-4-2-1-3-5-16/h1-10H,11-13H2. The molecule has 0 amide bonds. The maximum atomic E-state index is 13.0. The highest BCUT2D eigenvalue weighted by Crippen LogP contribution is 2.31. The van der Waals surface area contributed by atoms with E-state index in [0.29, 0.717) is 0 Å². The van der Waals surface area contributed by atoms with Gasteiger partial charge < -0.3 is 4.90 Å². The van der Waals surface area contributed by atoms with Crippen LogP contribution in [0.1, 0.15) is 12.0 Å². The van der Waals surface area contributed by atoms with E-state index in [1.807, 2.05) is 42.5 Å². The van der Waals surface area contributed by atoms with E-state index in [1.54, 1.807) is 11.3 Å². The Hall–Kier alpha value is -2.53. The number of rotatable bonds is 3. The second kappa shape index (κ2) is 6.53. The van der Waals surface area contributed by atoms with E-state index in [1.165, 1.54) is 17.7 Å². The van der Waals surface area contributed by atoms with Crippen molar-refractivity contribution < 1.29 is 4.39 Å². The summed E-state index contributed by atoms with van der Waals surface area (Å²) in [5, 5.41) is 10.5. The van der Waals surface area contributed by atoms with Crippen LogP contribution in [-0.2, 0) is 0 Å². The van der Waals surface area contributed by atoms with Crippen molar-refractivity contribution in [1.29, 1.82) is 0 Å². The molecule has 2 aromatic carbocycles. The molecule has 0 saturated heterocycles. The van der Waals surface area contributed by atoms with Crippen LogP contribution in [0.5, 0.6) is 0 Å². The number of benzene rings is 2. The van der Waals surface area contributed by atoms with E-state index >= 15 is 0 Å². The molecule has 0 N–H and O–H groups in total. The summed E-state index contributed by atoms with van der Waals surface area (Å²) in [5.74, 6) is -0.195. The fraction of sp³-hybridized carbons (Fsp3) is 0.158. The van der Waals surface area contributed by atoms with E-state index in [2.05, 4.69) is 21.2 Å². The van der Waals surface area contributed by atoms with Crippen LogP contribution in [0.3, 0.4) is 0 Å². The van der Waals surface area contributed by atoms with Crippen LogP contribution in [0.25, 0.3) is 16.1 Å². The Labute approximate surface area is 144 Å². The zero-order valence-corrected chi connectivity index (χ0v) is 13.8. The molecule has 120 valence electrons. The molecule has 0 saturated carbocycles. The normalized spacial score (nSPS) is 14.5. The molecule has 2 heterocycles. The van der Waals surface area contributed by atoms with Gasteiger partial charge in [-0.2, -0.15) is 0 Å². The zero-order chi connectivity index (χ0) is 16.4. The van der Waals surface area contributed by atoms with Gasteiger partial charge in [-0.3, -0.25) is 0 Å². The summed E-state index contributed by atoms with van der Waals surface area (Å²) in [4.78, 5) is 2.23. The third-order valence-electron chi connectivity index (χ3n) is 4.13. The van der Waals surface area contributed by atoms with E-state index in [0.717, 1.165) is 40.8 Å². The molecule has 1 aliphatic rings. The van der Waals surface area contributed by atoms with Gasteiger partial charge in [-0.05, 0) is 29.7 Å². The molecule has 0 radical (unpaired) electrons. The molecule has 1 aliphatic heterocycles. The van der Waals surface area contributed by atoms with E-state index < -0.39 is 0 Å². The number of aromatic nitrogens is 2. The first-order valence-corrected chi connectivity index (χ1v) is 8.70. The number of anilines is 1. The Balaban J connectivity index is 1.50. The van der Waals surface area contributed by atoms with Gasteiger partial charge in [0.25, 0.3) is 0 Å². The first kappa shape index (κ1) is 15.0. The van der Waals surface area contributed by atoms with Crippen LogP contribution in [0.2, 0.25) is 0 Å². The van der Waals surface area contributed by atoms with Crippen molar-refractivity contribution in [3.05, 3.63) is 72.1 Å². The topological polar surface area (TPSA) is 29.0 Å². The molecule has 3 aromatic rings. The van der Waals surface area contributed by atoms with Gasteiger partial charge in [0.1, 0.15) is 10.8 Å². The van der Waals surface area contributed by atoms with Crippen molar-refractivity contribution >= 4 is 22.0 Å². The molecular formula is C19H16FN3S. The summed E-state index contributed by atoms with van der Waals surface area (Å²) in [6.45, 7) is 1.70. The SMILES string of the molecule is Fc1ccc(C2=CCN(c3nnc(-c4ccccc4)s3)CC2)cc1. The lowest BCUT2D eigenvalue weighted by Crippen LogP contribution is -2.28. The number of halogens is 1. The lowest BCUT2D eigenvalue weighted by molar-refractivity contribution is 0.627. The van der Waals surface area contributed by atoms with Crippen molar-refractivity contribution in [2.24, 2.45) is 0 Å². The van der Waals surface area contributed by atoms with E-state index in [-0.39, 0.29) is 5.82 Å². The van der Waals surface area contributed by atoms with Crippen molar-refractivity contribution in [3.63, 3.8) is 0 Å². The van der Waals surface area contributed by atoms with Gasteiger partial charge in [-0.25, -0.2) is 4.39 Å². The third-order valence-corrected chi connectivity index (χ3v) is 5.16. The number of nitrogens with zero attached hydrogens (tertiary/aromatic N) is 3. The number of hydrogen-bond acceptors (Lipinski definition) is 4. The van der Waals surface area contributed by atoms with Crippen LogP contribution < -0.4 is 4.90 Å². The molecule has 0 fully saturated rings. The lowest BCUT2D eigenvalue weighted by atomic mass is 10.00. The van der Waals surface area contributed by atoms with Gasteiger partial charge in [0.05, 0.1) is 0 Å². The summed E-state index contributed by atoms with van der Waals surface area (Å²) in [6.07, 6.45) is 3.12. The van der Waals surface area contributed by atoms with Gasteiger partial charge in [-0.15, -0.1) is 10.2 Å². The highest BCUT2D eigenvalue weighted by atomic mass is 32.1. The van der Waals surface area contributed by atoms with Crippen molar-refractivity contribution in [2.75, 3.05) is 18.0 Å². The molecule has 4 rings (SSSR count). The summed E-state index contributed by atoms with van der Waals surface area (Å²) in [6, 6.07) is 16.8. The Morgan fingerprint density at radius 1 is 0.917 bits per heavy atom. The monoisotopic (exact) mass is 337 g/mol. The molecule has 0 spiro atoms. The van der Waals surface area contributed by atoms with Gasteiger partial charge >= 0.3 is 0 Å². The minimum atomic E-state index is -0.195. The molecule has 0 bridgehead atoms. The molecule has 0 unspecified atom stereocenters. The molecular weight excluding hydrogens is 321 g/mol. The Bertz CT molecular complexity index is 856. The van der Waals surface area contributed by atoms with Crippen molar-refractivity contribution in [1.82, 2.24) is 10.2 Å². The van der Waals surface area contributed by atoms with Crippen LogP contribution in [-0.4, -0.2) is 23.3 Å². The fourth-order valence-corrected chi connectivity index (χ4v) is 3.69. The second-order valence-corrected chi connectivity index (χ2v) is 6.64. The first-order chi connectivity index (χ1) is 11.8. The highest BCUT2D eigenvalue weighted by molar-refractivity contribution is 7.18. The van der Waals surface area contributed by atoms with Gasteiger partial charge in [-0.1, -0.05) is 59.9 Å². The van der Waals surface area contributed by atoms with Crippen LogP contribution >= 0.6 is 11.3 Å². The highest BCUT2D eigenvalue weighted by Gasteiger charge is 2.17. The molecule has 3 nitrogen and oxygen atoms in total. The maximum absolute atomic E-state index is 13.0. The molecule has 24 heavy (non-hydrogen) atoms. The number of hydrogen-bond donors (Lipinski definition) is 0. The Kier molecular flexibility index (Phi) is 4.09. The van der Waals surface area contributed by atoms with E-state index in [9.17, 15) is 4.39 Å². The van der Waals surface area contributed by atoms with Crippen LogP contribution in [0.15, 0.2) is 60.7 Å². The van der Waals surface area contributed by atoms with Gasteiger partial charge in [0.15, 0.2) is 0 Å². The summed E-state index contributed by atoms with van der Waals surface area (Å²) in [7, 11) is 0. The smallest absolute Gasteiger partial charge is 0.208 e. The third kappa shape index (κ3) is 3.08. The van der Waals surface area contributed by atoms with Crippen molar-refractivity contribution in [2.45, 2.75) is 6.42 Å². The molecule has 0 aliphatic carbocycles. The molecule has 0 atom stereocenters. The van der Waals surface area contributed by atoms with Gasteiger partial charge in [0.2, 0.25) is 5.13 Å². The van der Waals surface area contributed by atoms with Crippen LogP contribution in [0.4, 0.5) is 9.52 Å². The summed E-state index contributed by atoms with van der Waals surface area (Å²) < 4.78 is 13.0. The first-order valence-electron chi connectivity index (χ1n) is 7.88. The molecule has 1 aromatic heterocycles. The predicted octanol–water partition coefficient (Wildman–Crippen LogP) is 4.64. The minimum absolute atomic E-state index is 0.195. The van der Waals surface area contributed by atoms with Crippen molar-refractivity contribution in [3.8, 4) is 10.6 Å². The van der Waals surface area contributed by atoms with Gasteiger partial charge in [0, 0.05) is 18.7 Å². The predicted molar refractivity (Wildman–Crippen MR) is 96.6 cm³/mol. The maximum Gasteiger partial charge on any atom is 0.208 e. The summed E-state index contributed by atoms with van der Waals surface area (Å²) in [5.41, 5.74) is 3.46. The zero-order valence-electron chi connectivity index (χ0n) is 13.0. The average Bonchev–Trinajstić information content (AvgIpc) is 3.13. The second-order valence-electron chi connectivity index (χ2n) is 5.69. The van der Waals surface area contributed by atoms with Crippen LogP contribution in [0, 0.1) is 5.82 Å². The lowest BCUT2D eigenvalue weighted by Gasteiger charge is -2.25. The quantitative estimate of drug-likeness (QED) is 0.697. The Morgan fingerprint density at radius 3 is 2.42 bits per heavy atom. The Morgan fingerprint density at radius 2 is 1.71 bits per heavy atom. The summed E-state index contributed by atoms with van der Waals surface area (Å²) >= 11 is 1.62. The largest absolute Gasteiger partial charge is 0.343 e. The average molecular weight is 337 g/mol.